The van der Waals surface area contributed by atoms with Crippen LogP contribution in [0.2, 0.25) is 0 Å². The summed E-state index contributed by atoms with van der Waals surface area (Å²) < 4.78 is 0. The summed E-state index contributed by atoms with van der Waals surface area (Å²) in [5.41, 5.74) is 8.16. The number of carbonyl (C=O) groups is 1. The van der Waals surface area contributed by atoms with Gasteiger partial charge in [0.15, 0.2) is 0 Å². The molecule has 0 spiro atoms. The van der Waals surface area contributed by atoms with E-state index < -0.39 is 0 Å². The van der Waals surface area contributed by atoms with Crippen molar-refractivity contribution in [2.45, 2.75) is 33.4 Å². The van der Waals surface area contributed by atoms with E-state index in [1.54, 1.807) is 6.07 Å². The molecular formula is C16H27N3O. The predicted molar refractivity (Wildman–Crippen MR) is 83.7 cm³/mol. The molecule has 0 aliphatic heterocycles. The van der Waals surface area contributed by atoms with Gasteiger partial charge in [-0.05, 0) is 50.2 Å². The van der Waals surface area contributed by atoms with Crippen molar-refractivity contribution in [3.05, 3.63) is 34.9 Å². The topological polar surface area (TPSA) is 58.4 Å². The molecule has 1 amide bonds. The fraction of sp³-hybridized carbons (Fsp3) is 0.562. The third kappa shape index (κ3) is 4.94. The zero-order valence-corrected chi connectivity index (χ0v) is 13.2. The maximum atomic E-state index is 11.1. The predicted octanol–water partition coefficient (Wildman–Crippen LogP) is 1.77. The van der Waals surface area contributed by atoms with Gasteiger partial charge in [-0.2, -0.15) is 0 Å². The Hall–Kier alpha value is -1.39. The Bertz CT molecular complexity index is 455. The number of aryl methyl sites for hydroxylation is 1. The summed E-state index contributed by atoms with van der Waals surface area (Å²) in [7, 11) is 4.17. The quantitative estimate of drug-likeness (QED) is 0.798. The van der Waals surface area contributed by atoms with Crippen molar-refractivity contribution in [2.24, 2.45) is 11.7 Å². The van der Waals surface area contributed by atoms with Gasteiger partial charge in [0.05, 0.1) is 0 Å². The van der Waals surface area contributed by atoms with E-state index >= 15 is 0 Å². The fourth-order valence-corrected chi connectivity index (χ4v) is 2.19. The summed E-state index contributed by atoms with van der Waals surface area (Å²) in [6.45, 7) is 8.28. The second-order valence-electron chi connectivity index (χ2n) is 6.00. The number of carbonyl (C=O) groups excluding carboxylic acids is 1. The van der Waals surface area contributed by atoms with Gasteiger partial charge < -0.3 is 16.0 Å². The van der Waals surface area contributed by atoms with Crippen LogP contribution in [0.3, 0.4) is 0 Å². The molecule has 112 valence electrons. The SMILES string of the molecule is Cc1cc(C(N)=O)ccc1CNC(CN(C)C)C(C)C. The van der Waals surface area contributed by atoms with Crippen molar-refractivity contribution in [2.75, 3.05) is 20.6 Å². The normalized spacial score (nSPS) is 12.9. The second-order valence-corrected chi connectivity index (χ2v) is 6.00. The smallest absolute Gasteiger partial charge is 0.248 e. The summed E-state index contributed by atoms with van der Waals surface area (Å²) in [5, 5.41) is 3.60. The van der Waals surface area contributed by atoms with E-state index in [-0.39, 0.29) is 5.91 Å². The van der Waals surface area contributed by atoms with E-state index in [0.717, 1.165) is 18.7 Å². The van der Waals surface area contributed by atoms with Gasteiger partial charge in [0.2, 0.25) is 5.91 Å². The van der Waals surface area contributed by atoms with Crippen LogP contribution in [-0.4, -0.2) is 37.5 Å². The summed E-state index contributed by atoms with van der Waals surface area (Å²) in [6, 6.07) is 6.08. The lowest BCUT2D eigenvalue weighted by Crippen LogP contribution is -2.41. The summed E-state index contributed by atoms with van der Waals surface area (Å²) in [6.07, 6.45) is 0. The minimum Gasteiger partial charge on any atom is -0.366 e. The highest BCUT2D eigenvalue weighted by molar-refractivity contribution is 5.93. The number of likely N-dealkylation sites (N-methyl/N-ethyl adjacent to an activating group) is 1. The van der Waals surface area contributed by atoms with Crippen LogP contribution in [0.4, 0.5) is 0 Å². The molecular weight excluding hydrogens is 250 g/mol. The van der Waals surface area contributed by atoms with Crippen molar-refractivity contribution < 1.29 is 4.79 Å². The van der Waals surface area contributed by atoms with Crippen molar-refractivity contribution in [3.63, 3.8) is 0 Å². The number of hydrogen-bond donors (Lipinski definition) is 2. The van der Waals surface area contributed by atoms with Gasteiger partial charge >= 0.3 is 0 Å². The zero-order valence-electron chi connectivity index (χ0n) is 13.2. The Balaban J connectivity index is 2.70. The molecule has 20 heavy (non-hydrogen) atoms. The molecule has 0 fully saturated rings. The van der Waals surface area contributed by atoms with Crippen LogP contribution in [-0.2, 0) is 6.54 Å². The Morgan fingerprint density at radius 2 is 2.00 bits per heavy atom. The van der Waals surface area contributed by atoms with Gasteiger partial charge in [-0.1, -0.05) is 19.9 Å². The Morgan fingerprint density at radius 1 is 1.35 bits per heavy atom. The highest BCUT2D eigenvalue weighted by Crippen LogP contribution is 2.12. The van der Waals surface area contributed by atoms with E-state index in [2.05, 4.69) is 38.2 Å². The van der Waals surface area contributed by atoms with Crippen LogP contribution in [0.25, 0.3) is 0 Å². The molecule has 0 aromatic heterocycles. The Labute approximate surface area is 122 Å². The molecule has 1 rings (SSSR count). The molecule has 0 saturated heterocycles. The lowest BCUT2D eigenvalue weighted by Gasteiger charge is -2.26. The minimum absolute atomic E-state index is 0.375. The Kier molecular flexibility index (Phi) is 6.17. The van der Waals surface area contributed by atoms with Gasteiger partial charge in [-0.3, -0.25) is 4.79 Å². The third-order valence-corrected chi connectivity index (χ3v) is 3.55. The molecule has 3 N–H and O–H groups in total. The van der Waals surface area contributed by atoms with Crippen molar-refractivity contribution in [1.82, 2.24) is 10.2 Å². The number of benzene rings is 1. The van der Waals surface area contributed by atoms with Crippen molar-refractivity contribution in [1.29, 1.82) is 0 Å². The van der Waals surface area contributed by atoms with E-state index in [9.17, 15) is 4.79 Å². The van der Waals surface area contributed by atoms with Crippen LogP contribution in [0.5, 0.6) is 0 Å². The molecule has 1 aromatic rings. The lowest BCUT2D eigenvalue weighted by atomic mass is 10.0. The van der Waals surface area contributed by atoms with Crippen LogP contribution in [0.1, 0.15) is 35.3 Å². The summed E-state index contributed by atoms with van der Waals surface area (Å²) in [4.78, 5) is 13.3. The number of primary amides is 1. The van der Waals surface area contributed by atoms with Crippen molar-refractivity contribution >= 4 is 5.91 Å². The van der Waals surface area contributed by atoms with Gasteiger partial charge in [0.1, 0.15) is 0 Å². The minimum atomic E-state index is -0.375. The van der Waals surface area contributed by atoms with E-state index in [4.69, 9.17) is 5.73 Å². The first kappa shape index (κ1) is 16.7. The van der Waals surface area contributed by atoms with Gasteiger partial charge in [0, 0.05) is 24.7 Å². The van der Waals surface area contributed by atoms with Gasteiger partial charge in [-0.25, -0.2) is 0 Å². The molecule has 1 unspecified atom stereocenters. The monoisotopic (exact) mass is 277 g/mol. The molecule has 0 heterocycles. The standard InChI is InChI=1S/C16H27N3O/c1-11(2)15(10-19(4)5)18-9-14-7-6-13(16(17)20)8-12(14)3/h6-8,11,15,18H,9-10H2,1-5H3,(H2,17,20). The average molecular weight is 277 g/mol. The number of nitrogens with one attached hydrogen (secondary N) is 1. The number of nitrogens with zero attached hydrogens (tertiary/aromatic N) is 1. The number of nitrogens with two attached hydrogens (primary N) is 1. The van der Waals surface area contributed by atoms with Crippen LogP contribution in [0.15, 0.2) is 18.2 Å². The highest BCUT2D eigenvalue weighted by Gasteiger charge is 2.14. The van der Waals surface area contributed by atoms with E-state index in [1.165, 1.54) is 5.56 Å². The summed E-state index contributed by atoms with van der Waals surface area (Å²) >= 11 is 0. The molecule has 1 atom stereocenters. The molecule has 0 bridgehead atoms. The first-order chi connectivity index (χ1) is 9.31. The lowest BCUT2D eigenvalue weighted by molar-refractivity contribution is 0.1000. The Morgan fingerprint density at radius 3 is 2.45 bits per heavy atom. The average Bonchev–Trinajstić information content (AvgIpc) is 2.34. The van der Waals surface area contributed by atoms with Crippen LogP contribution in [0, 0.1) is 12.8 Å². The van der Waals surface area contributed by atoms with E-state index in [0.29, 0.717) is 17.5 Å². The first-order valence-corrected chi connectivity index (χ1v) is 7.08. The molecule has 4 nitrogen and oxygen atoms in total. The number of amides is 1. The second kappa shape index (κ2) is 7.41. The first-order valence-electron chi connectivity index (χ1n) is 7.08. The molecule has 0 saturated carbocycles. The van der Waals surface area contributed by atoms with Crippen molar-refractivity contribution in [3.8, 4) is 0 Å². The fourth-order valence-electron chi connectivity index (χ4n) is 2.19. The molecule has 4 heteroatoms. The number of rotatable bonds is 7. The maximum absolute atomic E-state index is 11.1. The van der Waals surface area contributed by atoms with Gasteiger partial charge in [0.25, 0.3) is 0 Å². The number of hydrogen-bond acceptors (Lipinski definition) is 3. The molecule has 1 aromatic carbocycles. The zero-order chi connectivity index (χ0) is 15.3. The molecule has 0 aliphatic rings. The molecule has 0 radical (unpaired) electrons. The molecule has 0 aliphatic carbocycles. The third-order valence-electron chi connectivity index (χ3n) is 3.55. The maximum Gasteiger partial charge on any atom is 0.248 e. The van der Waals surface area contributed by atoms with Crippen LogP contribution < -0.4 is 11.1 Å². The highest BCUT2D eigenvalue weighted by atomic mass is 16.1. The van der Waals surface area contributed by atoms with Gasteiger partial charge in [-0.15, -0.1) is 0 Å². The van der Waals surface area contributed by atoms with E-state index in [1.807, 2.05) is 19.1 Å². The summed E-state index contributed by atoms with van der Waals surface area (Å²) in [5.74, 6) is 0.197. The largest absolute Gasteiger partial charge is 0.366 e. The van der Waals surface area contributed by atoms with Crippen LogP contribution >= 0.6 is 0 Å².